The van der Waals surface area contributed by atoms with Crippen molar-refractivity contribution in [2.75, 3.05) is 18.4 Å². The number of urea groups is 1. The lowest BCUT2D eigenvalue weighted by molar-refractivity contribution is 0.219. The van der Waals surface area contributed by atoms with Crippen molar-refractivity contribution in [2.24, 2.45) is 11.8 Å². The van der Waals surface area contributed by atoms with Gasteiger partial charge in [-0.3, -0.25) is 0 Å². The Kier molecular flexibility index (Phi) is 4.26. The van der Waals surface area contributed by atoms with Gasteiger partial charge >= 0.3 is 6.03 Å². The van der Waals surface area contributed by atoms with Gasteiger partial charge in [0.15, 0.2) is 0 Å². The molecule has 1 N–H and O–H groups in total. The zero-order valence-electron chi connectivity index (χ0n) is 11.5. The van der Waals surface area contributed by atoms with Gasteiger partial charge in [0.25, 0.3) is 0 Å². The van der Waals surface area contributed by atoms with Crippen molar-refractivity contribution in [3.8, 4) is 0 Å². The average molecular weight is 449 g/mol. The number of carbonyl (C=O) groups is 1. The third kappa shape index (κ3) is 2.84. The molecule has 1 aromatic carbocycles. The van der Waals surface area contributed by atoms with E-state index in [4.69, 9.17) is 0 Å². The quantitative estimate of drug-likeness (QED) is 0.624. The number of benzene rings is 1. The van der Waals surface area contributed by atoms with Gasteiger partial charge in [-0.2, -0.15) is 0 Å². The molecule has 108 valence electrons. The van der Waals surface area contributed by atoms with Gasteiger partial charge in [-0.05, 0) is 71.9 Å². The summed E-state index contributed by atoms with van der Waals surface area (Å²) in [6.45, 7) is 3.90. The fourth-order valence-electron chi connectivity index (χ4n) is 3.45. The summed E-state index contributed by atoms with van der Waals surface area (Å²) in [4.78, 5) is 14.4. The zero-order chi connectivity index (χ0) is 14.3. The van der Waals surface area contributed by atoms with Crippen LogP contribution in [0, 0.1) is 22.3 Å². The second-order valence-corrected chi connectivity index (χ2v) is 7.94. The van der Waals surface area contributed by atoms with Gasteiger partial charge in [0.05, 0.1) is 5.69 Å². The van der Waals surface area contributed by atoms with Crippen LogP contribution in [0.15, 0.2) is 16.6 Å². The normalized spacial score (nSPS) is 24.9. The molecule has 1 heterocycles. The van der Waals surface area contributed by atoms with Crippen LogP contribution >= 0.6 is 38.5 Å². The van der Waals surface area contributed by atoms with Crippen LogP contribution in [0.3, 0.4) is 0 Å². The van der Waals surface area contributed by atoms with Crippen molar-refractivity contribution in [2.45, 2.75) is 26.2 Å². The minimum atomic E-state index is 0.0581. The fraction of sp³-hybridized carbons (Fsp3) is 0.533. The van der Waals surface area contributed by atoms with E-state index in [-0.39, 0.29) is 6.03 Å². The number of carbonyl (C=O) groups excluding carboxylic acids is 1. The molecule has 2 atom stereocenters. The standard InChI is InChI=1S/C15H18BrIN2O/c1-9-5-12(16)6-13(17)14(9)18-15(20)19-7-10-3-2-4-11(10)8-19/h5-6,10-11H,2-4,7-8H2,1H3,(H,18,20)/t10-,11-/m0/s1. The Hall–Kier alpha value is -0.300. The minimum absolute atomic E-state index is 0.0581. The van der Waals surface area contributed by atoms with E-state index in [0.717, 1.165) is 44.2 Å². The van der Waals surface area contributed by atoms with Crippen LogP contribution in [0.4, 0.5) is 10.5 Å². The van der Waals surface area contributed by atoms with E-state index in [9.17, 15) is 4.79 Å². The number of nitrogens with zero attached hydrogens (tertiary/aromatic N) is 1. The van der Waals surface area contributed by atoms with Gasteiger partial charge in [0.2, 0.25) is 0 Å². The maximum Gasteiger partial charge on any atom is 0.321 e. The predicted octanol–water partition coefficient (Wildman–Crippen LogP) is 4.63. The highest BCUT2D eigenvalue weighted by Crippen LogP contribution is 2.38. The first-order valence-corrected chi connectivity index (χ1v) is 8.93. The summed E-state index contributed by atoms with van der Waals surface area (Å²) < 4.78 is 2.12. The summed E-state index contributed by atoms with van der Waals surface area (Å²) in [5.74, 6) is 1.48. The molecule has 1 saturated carbocycles. The van der Waals surface area contributed by atoms with Gasteiger partial charge in [-0.15, -0.1) is 0 Å². The third-order valence-electron chi connectivity index (χ3n) is 4.50. The molecule has 2 fully saturated rings. The molecule has 2 aliphatic rings. The van der Waals surface area contributed by atoms with E-state index >= 15 is 0 Å². The van der Waals surface area contributed by atoms with Crippen LogP contribution in [0.5, 0.6) is 0 Å². The Balaban J connectivity index is 1.71. The summed E-state index contributed by atoms with van der Waals surface area (Å²) in [7, 11) is 0. The molecule has 0 spiro atoms. The summed E-state index contributed by atoms with van der Waals surface area (Å²) in [5, 5.41) is 3.10. The monoisotopic (exact) mass is 448 g/mol. The Morgan fingerprint density at radius 2 is 2.00 bits per heavy atom. The van der Waals surface area contributed by atoms with Crippen LogP contribution < -0.4 is 5.32 Å². The minimum Gasteiger partial charge on any atom is -0.324 e. The Labute approximate surface area is 141 Å². The van der Waals surface area contributed by atoms with Crippen molar-refractivity contribution >= 4 is 50.2 Å². The van der Waals surface area contributed by atoms with Crippen molar-refractivity contribution in [1.82, 2.24) is 4.90 Å². The Morgan fingerprint density at radius 3 is 2.60 bits per heavy atom. The number of rotatable bonds is 1. The molecule has 0 aromatic heterocycles. The van der Waals surface area contributed by atoms with Crippen LogP contribution in [0.2, 0.25) is 0 Å². The first-order chi connectivity index (χ1) is 9.54. The van der Waals surface area contributed by atoms with E-state index in [1.807, 2.05) is 24.0 Å². The van der Waals surface area contributed by atoms with Gasteiger partial charge in [0, 0.05) is 21.1 Å². The highest BCUT2D eigenvalue weighted by atomic mass is 127. The molecule has 0 radical (unpaired) electrons. The Morgan fingerprint density at radius 1 is 1.35 bits per heavy atom. The number of hydrogen-bond donors (Lipinski definition) is 1. The summed E-state index contributed by atoms with van der Waals surface area (Å²) in [6.07, 6.45) is 3.93. The van der Waals surface area contributed by atoms with E-state index in [0.29, 0.717) is 0 Å². The molecule has 3 nitrogen and oxygen atoms in total. The molecule has 0 bridgehead atoms. The van der Waals surface area contributed by atoms with E-state index in [2.05, 4.69) is 43.8 Å². The SMILES string of the molecule is Cc1cc(Br)cc(I)c1NC(=O)N1C[C@@H]2CCC[C@H]2C1. The van der Waals surface area contributed by atoms with Gasteiger partial charge in [0.1, 0.15) is 0 Å². The second-order valence-electron chi connectivity index (χ2n) is 5.87. The number of anilines is 1. The number of likely N-dealkylation sites (tertiary alicyclic amines) is 1. The molecule has 1 aliphatic heterocycles. The number of aryl methyl sites for hydroxylation is 1. The molecular formula is C15H18BrIN2O. The number of halogens is 2. The van der Waals surface area contributed by atoms with Gasteiger partial charge in [-0.25, -0.2) is 4.79 Å². The molecule has 20 heavy (non-hydrogen) atoms. The Bertz CT molecular complexity index is 514. The van der Waals surface area contributed by atoms with E-state index in [1.54, 1.807) is 0 Å². The molecule has 1 aliphatic carbocycles. The number of fused-ring (bicyclic) bond motifs is 1. The summed E-state index contributed by atoms with van der Waals surface area (Å²) >= 11 is 5.76. The topological polar surface area (TPSA) is 32.3 Å². The zero-order valence-corrected chi connectivity index (χ0v) is 15.2. The second kappa shape index (κ2) is 5.83. The van der Waals surface area contributed by atoms with E-state index < -0.39 is 0 Å². The van der Waals surface area contributed by atoms with Crippen molar-refractivity contribution in [3.63, 3.8) is 0 Å². The number of nitrogens with one attached hydrogen (secondary N) is 1. The van der Waals surface area contributed by atoms with Crippen LogP contribution in [0.1, 0.15) is 24.8 Å². The molecule has 1 aromatic rings. The van der Waals surface area contributed by atoms with Gasteiger partial charge < -0.3 is 10.2 Å². The maximum atomic E-state index is 12.4. The van der Waals surface area contributed by atoms with Crippen molar-refractivity contribution in [1.29, 1.82) is 0 Å². The van der Waals surface area contributed by atoms with Crippen molar-refractivity contribution < 1.29 is 4.79 Å². The lowest BCUT2D eigenvalue weighted by atomic mass is 10.0. The average Bonchev–Trinajstić information content (AvgIpc) is 2.93. The van der Waals surface area contributed by atoms with Crippen LogP contribution in [0.25, 0.3) is 0 Å². The third-order valence-corrected chi connectivity index (χ3v) is 5.81. The first kappa shape index (κ1) is 14.6. The van der Waals surface area contributed by atoms with Crippen molar-refractivity contribution in [3.05, 3.63) is 25.7 Å². The highest BCUT2D eigenvalue weighted by molar-refractivity contribution is 14.1. The van der Waals surface area contributed by atoms with Gasteiger partial charge in [-0.1, -0.05) is 22.4 Å². The highest BCUT2D eigenvalue weighted by Gasteiger charge is 2.38. The molecule has 1 saturated heterocycles. The smallest absolute Gasteiger partial charge is 0.321 e. The maximum absolute atomic E-state index is 12.4. The van der Waals surface area contributed by atoms with E-state index in [1.165, 1.54) is 19.3 Å². The number of amides is 2. The molecule has 3 rings (SSSR count). The number of hydrogen-bond acceptors (Lipinski definition) is 1. The lowest BCUT2D eigenvalue weighted by Crippen LogP contribution is -2.34. The largest absolute Gasteiger partial charge is 0.324 e. The van der Waals surface area contributed by atoms with Crippen LogP contribution in [-0.2, 0) is 0 Å². The lowest BCUT2D eigenvalue weighted by Gasteiger charge is -2.20. The van der Waals surface area contributed by atoms with Crippen LogP contribution in [-0.4, -0.2) is 24.0 Å². The molecule has 5 heteroatoms. The molecular weight excluding hydrogens is 431 g/mol. The summed E-state index contributed by atoms with van der Waals surface area (Å²) in [6, 6.07) is 4.13. The molecule has 0 unspecified atom stereocenters. The predicted molar refractivity (Wildman–Crippen MR) is 93.0 cm³/mol. The first-order valence-electron chi connectivity index (χ1n) is 7.06. The molecule has 2 amide bonds. The fourth-order valence-corrected chi connectivity index (χ4v) is 5.34. The summed E-state index contributed by atoms with van der Waals surface area (Å²) in [5.41, 5.74) is 2.03.